The molecule has 3 heteroatoms. The number of aromatic nitrogens is 2. The second-order valence-corrected chi connectivity index (χ2v) is 3.32. The van der Waals surface area contributed by atoms with Gasteiger partial charge in [-0.25, -0.2) is 0 Å². The summed E-state index contributed by atoms with van der Waals surface area (Å²) in [5, 5.41) is 0.741. The number of H-pyrrole nitrogens is 1. The van der Waals surface area contributed by atoms with Crippen LogP contribution in [0.5, 0.6) is 0 Å². The third-order valence-corrected chi connectivity index (χ3v) is 2.15. The Hall–Kier alpha value is -1.28. The molecule has 0 unspecified atom stereocenters. The van der Waals surface area contributed by atoms with E-state index in [2.05, 4.69) is 9.97 Å². The monoisotopic (exact) mass is 192 g/mol. The van der Waals surface area contributed by atoms with Crippen LogP contribution in [0.15, 0.2) is 30.6 Å². The predicted octanol–water partition coefficient (Wildman–Crippen LogP) is 3.04. The molecule has 0 aliphatic heterocycles. The highest BCUT2D eigenvalue weighted by molar-refractivity contribution is 6.33. The largest absolute Gasteiger partial charge is 0.357 e. The number of rotatable bonds is 1. The van der Waals surface area contributed by atoms with Gasteiger partial charge in [-0.2, -0.15) is 0 Å². The van der Waals surface area contributed by atoms with E-state index in [1.807, 2.05) is 25.1 Å². The molecule has 0 saturated carbocycles. The van der Waals surface area contributed by atoms with E-state index in [1.54, 1.807) is 12.4 Å². The molecule has 0 atom stereocenters. The average Bonchev–Trinajstić information content (AvgIpc) is 2.47. The molecule has 66 valence electrons. The van der Waals surface area contributed by atoms with Crippen LogP contribution in [0.3, 0.4) is 0 Å². The maximum Gasteiger partial charge on any atom is 0.0664 e. The normalized spacial score (nSPS) is 10.3. The highest BCUT2D eigenvalue weighted by atomic mass is 35.5. The van der Waals surface area contributed by atoms with Crippen molar-refractivity contribution in [3.63, 3.8) is 0 Å². The zero-order valence-corrected chi connectivity index (χ0v) is 7.97. The number of nitrogens with one attached hydrogen (secondary N) is 1. The summed E-state index contributed by atoms with van der Waals surface area (Å²) < 4.78 is 0. The van der Waals surface area contributed by atoms with Crippen LogP contribution < -0.4 is 0 Å². The van der Waals surface area contributed by atoms with E-state index in [4.69, 9.17) is 11.6 Å². The topological polar surface area (TPSA) is 28.7 Å². The number of pyridine rings is 1. The van der Waals surface area contributed by atoms with E-state index < -0.39 is 0 Å². The summed E-state index contributed by atoms with van der Waals surface area (Å²) in [5.74, 6) is 0. The van der Waals surface area contributed by atoms with Gasteiger partial charge in [-0.3, -0.25) is 4.98 Å². The molecule has 2 aromatic heterocycles. The quantitative estimate of drug-likeness (QED) is 0.739. The average molecular weight is 193 g/mol. The molecule has 0 aromatic carbocycles. The molecule has 0 bridgehead atoms. The van der Waals surface area contributed by atoms with E-state index in [0.29, 0.717) is 0 Å². The Kier molecular flexibility index (Phi) is 2.07. The Balaban J connectivity index is 2.53. The molecule has 0 amide bonds. The molecule has 2 rings (SSSR count). The minimum absolute atomic E-state index is 0.741. The summed E-state index contributed by atoms with van der Waals surface area (Å²) in [6.07, 6.45) is 3.53. The molecular formula is C10H9ClN2. The predicted molar refractivity (Wildman–Crippen MR) is 53.8 cm³/mol. The Bertz CT molecular complexity index is 406. The molecule has 0 aliphatic rings. The van der Waals surface area contributed by atoms with Gasteiger partial charge in [0.15, 0.2) is 0 Å². The first-order valence-corrected chi connectivity index (χ1v) is 4.40. The van der Waals surface area contributed by atoms with Crippen molar-refractivity contribution < 1.29 is 0 Å². The Morgan fingerprint density at radius 1 is 1.46 bits per heavy atom. The van der Waals surface area contributed by atoms with Gasteiger partial charge in [0.25, 0.3) is 0 Å². The zero-order chi connectivity index (χ0) is 9.26. The molecule has 0 spiro atoms. The Labute approximate surface area is 81.6 Å². The first kappa shape index (κ1) is 8.32. The molecule has 13 heavy (non-hydrogen) atoms. The third-order valence-electron chi connectivity index (χ3n) is 1.85. The molecule has 0 fully saturated rings. The minimum Gasteiger partial charge on any atom is -0.357 e. The molecule has 1 N–H and O–H groups in total. The fourth-order valence-corrected chi connectivity index (χ4v) is 1.60. The van der Waals surface area contributed by atoms with Crippen LogP contribution >= 0.6 is 11.6 Å². The molecule has 2 nitrogen and oxygen atoms in total. The van der Waals surface area contributed by atoms with E-state index in [-0.39, 0.29) is 0 Å². The lowest BCUT2D eigenvalue weighted by Gasteiger charge is -1.96. The van der Waals surface area contributed by atoms with Gasteiger partial charge >= 0.3 is 0 Å². The lowest BCUT2D eigenvalue weighted by atomic mass is 10.2. The van der Waals surface area contributed by atoms with Crippen molar-refractivity contribution in [1.29, 1.82) is 0 Å². The summed E-state index contributed by atoms with van der Waals surface area (Å²) in [6.45, 7) is 1.98. The first-order valence-electron chi connectivity index (χ1n) is 4.03. The molecule has 0 radical (unpaired) electrons. The van der Waals surface area contributed by atoms with Crippen LogP contribution in [0.2, 0.25) is 5.02 Å². The lowest BCUT2D eigenvalue weighted by molar-refractivity contribution is 1.25. The van der Waals surface area contributed by atoms with E-state index in [1.165, 1.54) is 0 Å². The van der Waals surface area contributed by atoms with Crippen molar-refractivity contribution in [1.82, 2.24) is 9.97 Å². The number of hydrogen-bond acceptors (Lipinski definition) is 1. The summed E-state index contributed by atoms with van der Waals surface area (Å²) in [7, 11) is 0. The molecule has 2 aromatic rings. The van der Waals surface area contributed by atoms with Gasteiger partial charge in [-0.1, -0.05) is 11.6 Å². The maximum absolute atomic E-state index is 6.02. The van der Waals surface area contributed by atoms with Crippen LogP contribution in [0.25, 0.3) is 11.3 Å². The first-order chi connectivity index (χ1) is 6.27. The van der Waals surface area contributed by atoms with Crippen LogP contribution in [0, 0.1) is 6.92 Å². The number of aromatic amines is 1. The highest BCUT2D eigenvalue weighted by Crippen LogP contribution is 2.26. The fraction of sp³-hybridized carbons (Fsp3) is 0.100. The second kappa shape index (κ2) is 3.23. The van der Waals surface area contributed by atoms with Gasteiger partial charge in [-0.15, -0.1) is 0 Å². The summed E-state index contributed by atoms with van der Waals surface area (Å²) in [5.41, 5.74) is 3.01. The van der Waals surface area contributed by atoms with Crippen molar-refractivity contribution in [2.75, 3.05) is 0 Å². The molecule has 0 aliphatic carbocycles. The van der Waals surface area contributed by atoms with Crippen molar-refractivity contribution >= 4 is 11.6 Å². The van der Waals surface area contributed by atoms with Crippen LogP contribution in [-0.4, -0.2) is 9.97 Å². The van der Waals surface area contributed by atoms with Gasteiger partial charge < -0.3 is 4.98 Å². The third kappa shape index (κ3) is 1.58. The number of halogens is 1. The smallest absolute Gasteiger partial charge is 0.0664 e. The molecular weight excluding hydrogens is 184 g/mol. The zero-order valence-electron chi connectivity index (χ0n) is 7.21. The SMILES string of the molecule is Cc1cc(Cl)c(-c2cccnc2)[nH]1. The Morgan fingerprint density at radius 2 is 2.31 bits per heavy atom. The Morgan fingerprint density at radius 3 is 2.85 bits per heavy atom. The van der Waals surface area contributed by atoms with Crippen LogP contribution in [0.1, 0.15) is 5.69 Å². The van der Waals surface area contributed by atoms with E-state index in [0.717, 1.165) is 22.0 Å². The van der Waals surface area contributed by atoms with Gasteiger partial charge in [0, 0.05) is 23.7 Å². The number of hydrogen-bond donors (Lipinski definition) is 1. The van der Waals surface area contributed by atoms with Crippen molar-refractivity contribution in [2.24, 2.45) is 0 Å². The standard InChI is InChI=1S/C10H9ClN2/c1-7-5-9(11)10(13-7)8-3-2-4-12-6-8/h2-6,13H,1H3. The van der Waals surface area contributed by atoms with Gasteiger partial charge in [-0.05, 0) is 25.1 Å². The number of nitrogens with zero attached hydrogens (tertiary/aromatic N) is 1. The van der Waals surface area contributed by atoms with E-state index >= 15 is 0 Å². The van der Waals surface area contributed by atoms with Gasteiger partial charge in [0.2, 0.25) is 0 Å². The van der Waals surface area contributed by atoms with Crippen LogP contribution in [0.4, 0.5) is 0 Å². The van der Waals surface area contributed by atoms with Crippen LogP contribution in [-0.2, 0) is 0 Å². The second-order valence-electron chi connectivity index (χ2n) is 2.92. The molecule has 2 heterocycles. The lowest BCUT2D eigenvalue weighted by Crippen LogP contribution is -1.79. The summed E-state index contributed by atoms with van der Waals surface area (Å²) in [4.78, 5) is 7.22. The van der Waals surface area contributed by atoms with Gasteiger partial charge in [0.05, 0.1) is 10.7 Å². The van der Waals surface area contributed by atoms with Crippen molar-refractivity contribution in [2.45, 2.75) is 6.92 Å². The van der Waals surface area contributed by atoms with E-state index in [9.17, 15) is 0 Å². The maximum atomic E-state index is 6.02. The van der Waals surface area contributed by atoms with Gasteiger partial charge in [0.1, 0.15) is 0 Å². The minimum atomic E-state index is 0.741. The summed E-state index contributed by atoms with van der Waals surface area (Å²) >= 11 is 6.02. The number of aryl methyl sites for hydroxylation is 1. The van der Waals surface area contributed by atoms with Crippen molar-refractivity contribution in [3.8, 4) is 11.3 Å². The molecule has 0 saturated heterocycles. The highest BCUT2D eigenvalue weighted by Gasteiger charge is 2.05. The fourth-order valence-electron chi connectivity index (χ4n) is 1.28. The summed E-state index contributed by atoms with van der Waals surface area (Å²) in [6, 6.07) is 5.77. The van der Waals surface area contributed by atoms with Crippen molar-refractivity contribution in [3.05, 3.63) is 41.3 Å².